The lowest BCUT2D eigenvalue weighted by Crippen LogP contribution is -2.32. The molecular weight excluding hydrogens is 440 g/mol. The molecule has 0 aliphatic carbocycles. The minimum atomic E-state index is -0.371. The summed E-state index contributed by atoms with van der Waals surface area (Å²) in [6.07, 6.45) is 2.03. The molecule has 0 atom stereocenters. The van der Waals surface area contributed by atoms with Crippen molar-refractivity contribution in [1.82, 2.24) is 10.3 Å². The van der Waals surface area contributed by atoms with Crippen LogP contribution in [0.1, 0.15) is 37.0 Å². The van der Waals surface area contributed by atoms with E-state index in [-0.39, 0.29) is 24.3 Å². The highest BCUT2D eigenvalue weighted by Crippen LogP contribution is 2.26. The van der Waals surface area contributed by atoms with E-state index in [1.807, 2.05) is 17.5 Å². The molecule has 3 rings (SSSR count). The number of unbranched alkanes of at least 4 members (excludes halogenated alkanes) is 1. The van der Waals surface area contributed by atoms with Crippen LogP contribution in [0.4, 0.5) is 10.8 Å². The van der Waals surface area contributed by atoms with Crippen molar-refractivity contribution in [3.05, 3.63) is 59.5 Å². The first kappa shape index (κ1) is 23.9. The number of anilines is 2. The number of amides is 3. The Morgan fingerprint density at radius 2 is 1.73 bits per heavy atom. The number of carbonyl (C=O) groups is 3. The largest absolute Gasteiger partial charge is 0.494 e. The fourth-order valence-electron chi connectivity index (χ4n) is 2.85. The number of benzene rings is 2. The van der Waals surface area contributed by atoms with Gasteiger partial charge in [0, 0.05) is 29.1 Å². The van der Waals surface area contributed by atoms with Crippen molar-refractivity contribution in [2.75, 3.05) is 23.8 Å². The third-order valence-electron chi connectivity index (χ3n) is 4.54. The van der Waals surface area contributed by atoms with Crippen LogP contribution in [0.5, 0.6) is 5.75 Å². The van der Waals surface area contributed by atoms with Gasteiger partial charge in [0.1, 0.15) is 5.75 Å². The van der Waals surface area contributed by atoms with Crippen LogP contribution < -0.4 is 20.7 Å². The van der Waals surface area contributed by atoms with Crippen molar-refractivity contribution in [1.29, 1.82) is 0 Å². The first-order chi connectivity index (χ1) is 15.9. The summed E-state index contributed by atoms with van der Waals surface area (Å²) in [6, 6.07) is 14.1. The number of aromatic nitrogens is 1. The highest BCUT2D eigenvalue weighted by Gasteiger charge is 2.11. The van der Waals surface area contributed by atoms with E-state index in [1.54, 1.807) is 36.4 Å². The van der Waals surface area contributed by atoms with Crippen molar-refractivity contribution in [2.24, 2.45) is 0 Å². The molecule has 0 aliphatic rings. The lowest BCUT2D eigenvalue weighted by atomic mass is 10.1. The first-order valence-electron chi connectivity index (χ1n) is 10.6. The summed E-state index contributed by atoms with van der Waals surface area (Å²) in [6.45, 7) is 4.01. The van der Waals surface area contributed by atoms with Crippen molar-refractivity contribution in [3.8, 4) is 17.0 Å². The summed E-state index contributed by atoms with van der Waals surface area (Å²) in [5, 5.41) is 10.3. The molecule has 3 aromatic rings. The van der Waals surface area contributed by atoms with Crippen LogP contribution in [0.2, 0.25) is 0 Å². The fourth-order valence-corrected chi connectivity index (χ4v) is 3.59. The van der Waals surface area contributed by atoms with Gasteiger partial charge in [-0.05, 0) is 42.8 Å². The lowest BCUT2D eigenvalue weighted by molar-refractivity contribution is -0.115. The van der Waals surface area contributed by atoms with Gasteiger partial charge in [0.2, 0.25) is 11.8 Å². The van der Waals surface area contributed by atoms with Gasteiger partial charge in [-0.15, -0.1) is 11.3 Å². The molecule has 0 unspecified atom stereocenters. The third-order valence-corrected chi connectivity index (χ3v) is 5.30. The van der Waals surface area contributed by atoms with Crippen LogP contribution in [-0.4, -0.2) is 35.9 Å². The van der Waals surface area contributed by atoms with Crippen molar-refractivity contribution in [2.45, 2.75) is 26.7 Å². The van der Waals surface area contributed by atoms with E-state index in [0.717, 1.165) is 18.4 Å². The van der Waals surface area contributed by atoms with Gasteiger partial charge in [0.15, 0.2) is 5.13 Å². The van der Waals surface area contributed by atoms with E-state index in [2.05, 4.69) is 27.9 Å². The highest BCUT2D eigenvalue weighted by molar-refractivity contribution is 7.14. The molecule has 9 heteroatoms. The molecule has 1 aromatic heterocycles. The highest BCUT2D eigenvalue weighted by atomic mass is 32.1. The maximum Gasteiger partial charge on any atom is 0.251 e. The van der Waals surface area contributed by atoms with Crippen molar-refractivity contribution < 1.29 is 19.1 Å². The van der Waals surface area contributed by atoms with E-state index in [1.165, 1.54) is 18.3 Å². The second-order valence-corrected chi connectivity index (χ2v) is 8.11. The zero-order valence-corrected chi connectivity index (χ0v) is 19.3. The smallest absolute Gasteiger partial charge is 0.251 e. The minimum Gasteiger partial charge on any atom is -0.494 e. The third kappa shape index (κ3) is 7.43. The van der Waals surface area contributed by atoms with Crippen molar-refractivity contribution >= 4 is 39.9 Å². The summed E-state index contributed by atoms with van der Waals surface area (Å²) >= 11 is 1.29. The number of rotatable bonds is 10. The zero-order chi connectivity index (χ0) is 23.6. The molecule has 3 amide bonds. The molecule has 0 bridgehead atoms. The first-order valence-corrected chi connectivity index (χ1v) is 11.5. The standard InChI is InChI=1S/C24H26N4O4S/c1-3-4-13-32-20-11-7-18(8-12-20)23(31)25-14-22(30)28-24-27-21(15-33-24)17-5-9-19(10-6-17)26-16(2)29/h5-12,15H,3-4,13-14H2,1-2H3,(H,25,31)(H,26,29)(H,27,28,30). The molecule has 0 aliphatic heterocycles. The average molecular weight is 467 g/mol. The molecule has 1 heterocycles. The van der Waals surface area contributed by atoms with Crippen LogP contribution in [-0.2, 0) is 9.59 Å². The Labute approximate surface area is 196 Å². The van der Waals surface area contributed by atoms with Crippen LogP contribution in [0.25, 0.3) is 11.3 Å². The Bertz CT molecular complexity index is 1090. The fraction of sp³-hybridized carbons (Fsp3) is 0.250. The number of nitrogens with zero attached hydrogens (tertiary/aromatic N) is 1. The van der Waals surface area contributed by atoms with E-state index in [0.29, 0.717) is 34.4 Å². The molecule has 172 valence electrons. The summed E-state index contributed by atoms with van der Waals surface area (Å²) in [5.41, 5.74) is 2.71. The molecule has 3 N–H and O–H groups in total. The van der Waals surface area contributed by atoms with Gasteiger partial charge in [0.05, 0.1) is 18.8 Å². The molecule has 0 saturated carbocycles. The Balaban J connectivity index is 1.47. The van der Waals surface area contributed by atoms with Crippen LogP contribution in [0, 0.1) is 0 Å². The van der Waals surface area contributed by atoms with Gasteiger partial charge in [-0.2, -0.15) is 0 Å². The van der Waals surface area contributed by atoms with Crippen LogP contribution in [0.3, 0.4) is 0 Å². The predicted molar refractivity (Wildman–Crippen MR) is 130 cm³/mol. The van der Waals surface area contributed by atoms with Gasteiger partial charge in [-0.3, -0.25) is 14.4 Å². The van der Waals surface area contributed by atoms with Gasteiger partial charge < -0.3 is 20.7 Å². The summed E-state index contributed by atoms with van der Waals surface area (Å²) < 4.78 is 5.58. The number of hydrogen-bond donors (Lipinski definition) is 3. The Morgan fingerprint density at radius 3 is 2.39 bits per heavy atom. The molecule has 0 spiro atoms. The monoisotopic (exact) mass is 466 g/mol. The Morgan fingerprint density at radius 1 is 1.00 bits per heavy atom. The van der Waals surface area contributed by atoms with E-state index in [9.17, 15) is 14.4 Å². The normalized spacial score (nSPS) is 10.4. The maximum absolute atomic E-state index is 12.3. The van der Waals surface area contributed by atoms with Crippen molar-refractivity contribution in [3.63, 3.8) is 0 Å². The summed E-state index contributed by atoms with van der Waals surface area (Å²) in [4.78, 5) is 40.0. The Hall–Kier alpha value is -3.72. The second-order valence-electron chi connectivity index (χ2n) is 7.25. The molecule has 0 radical (unpaired) electrons. The van der Waals surface area contributed by atoms with Gasteiger partial charge >= 0.3 is 0 Å². The number of ether oxygens (including phenoxy) is 1. The molecule has 0 saturated heterocycles. The second kappa shape index (κ2) is 11.8. The number of thiazole rings is 1. The van der Waals surface area contributed by atoms with Gasteiger partial charge in [-0.1, -0.05) is 25.5 Å². The van der Waals surface area contributed by atoms with E-state index in [4.69, 9.17) is 4.74 Å². The number of hydrogen-bond acceptors (Lipinski definition) is 6. The predicted octanol–water partition coefficient (Wildman–Crippen LogP) is 4.32. The molecular formula is C24H26N4O4S. The lowest BCUT2D eigenvalue weighted by Gasteiger charge is -2.07. The number of nitrogens with one attached hydrogen (secondary N) is 3. The topological polar surface area (TPSA) is 109 Å². The zero-order valence-electron chi connectivity index (χ0n) is 18.5. The molecule has 8 nitrogen and oxygen atoms in total. The van der Waals surface area contributed by atoms with Gasteiger partial charge in [-0.25, -0.2) is 4.98 Å². The summed E-state index contributed by atoms with van der Waals surface area (Å²) in [5.74, 6) is -0.141. The SMILES string of the molecule is CCCCOc1ccc(C(=O)NCC(=O)Nc2nc(-c3ccc(NC(C)=O)cc3)cs2)cc1. The van der Waals surface area contributed by atoms with Crippen LogP contribution in [0.15, 0.2) is 53.9 Å². The average Bonchev–Trinajstić information content (AvgIpc) is 3.26. The molecule has 0 fully saturated rings. The van der Waals surface area contributed by atoms with Crippen LogP contribution >= 0.6 is 11.3 Å². The molecule has 33 heavy (non-hydrogen) atoms. The van der Waals surface area contributed by atoms with E-state index < -0.39 is 0 Å². The van der Waals surface area contributed by atoms with Gasteiger partial charge in [0.25, 0.3) is 5.91 Å². The minimum absolute atomic E-state index is 0.137. The van der Waals surface area contributed by atoms with E-state index >= 15 is 0 Å². The maximum atomic E-state index is 12.3. The summed E-state index contributed by atoms with van der Waals surface area (Å²) in [7, 11) is 0. The Kier molecular flexibility index (Phi) is 8.54. The molecule has 2 aromatic carbocycles. The number of carbonyl (C=O) groups excluding carboxylic acids is 3. The quantitative estimate of drug-likeness (QED) is 0.386.